The van der Waals surface area contributed by atoms with Crippen LogP contribution in [0.3, 0.4) is 0 Å². The quantitative estimate of drug-likeness (QED) is 0.101. The van der Waals surface area contributed by atoms with E-state index in [9.17, 15) is 4.79 Å². The Balaban J connectivity index is 1.59. The summed E-state index contributed by atoms with van der Waals surface area (Å²) >= 11 is 2.24. The van der Waals surface area contributed by atoms with Crippen molar-refractivity contribution in [3.05, 3.63) is 75.9 Å². The molecule has 0 heterocycles. The van der Waals surface area contributed by atoms with E-state index in [2.05, 4.69) is 54.3 Å². The van der Waals surface area contributed by atoms with Crippen LogP contribution in [0.1, 0.15) is 86.6 Å². The van der Waals surface area contributed by atoms with E-state index in [1.807, 2.05) is 36.4 Å². The lowest BCUT2D eigenvalue weighted by Crippen LogP contribution is -2.20. The summed E-state index contributed by atoms with van der Waals surface area (Å²) in [4.78, 5) is 12.5. The molecule has 0 spiro atoms. The average molecular weight is 530 g/mol. The zero-order valence-corrected chi connectivity index (χ0v) is 20.9. The molecular formula is C28H35IO2. The molecular weight excluding hydrogens is 495 g/mol. The lowest BCUT2D eigenvalue weighted by atomic mass is 9.71. The third kappa shape index (κ3) is 7.20. The van der Waals surface area contributed by atoms with E-state index in [0.717, 1.165) is 15.9 Å². The van der Waals surface area contributed by atoms with E-state index < -0.39 is 0 Å². The predicted octanol–water partition coefficient (Wildman–Crippen LogP) is 8.56. The second-order valence-corrected chi connectivity index (χ2v) is 10.1. The van der Waals surface area contributed by atoms with Crippen LogP contribution in [0.15, 0.2) is 61.2 Å². The maximum absolute atomic E-state index is 12.5. The summed E-state index contributed by atoms with van der Waals surface area (Å²) in [5.74, 6) is 2.40. The van der Waals surface area contributed by atoms with Crippen molar-refractivity contribution in [1.29, 1.82) is 0 Å². The van der Waals surface area contributed by atoms with Crippen LogP contribution in [0, 0.1) is 15.4 Å². The van der Waals surface area contributed by atoms with Crippen LogP contribution in [0.2, 0.25) is 0 Å². The fourth-order valence-corrected chi connectivity index (χ4v) is 5.24. The Labute approximate surface area is 201 Å². The molecule has 0 bridgehead atoms. The number of hydrogen-bond donors (Lipinski definition) is 0. The third-order valence-electron chi connectivity index (χ3n) is 6.70. The Morgan fingerprint density at radius 2 is 1.74 bits per heavy atom. The van der Waals surface area contributed by atoms with Gasteiger partial charge in [-0.1, -0.05) is 63.7 Å². The van der Waals surface area contributed by atoms with Gasteiger partial charge in [-0.05, 0) is 102 Å². The SMILES string of the molecule is C=CCC(c1ccc(C(=O)Oc2ccc(I)cc2)cc1)[C@H]1CC[C@H](CCCCC)CC1. The van der Waals surface area contributed by atoms with Gasteiger partial charge in [-0.15, -0.1) is 6.58 Å². The first-order valence-electron chi connectivity index (χ1n) is 11.8. The van der Waals surface area contributed by atoms with Crippen LogP contribution in [-0.2, 0) is 0 Å². The molecule has 2 aromatic rings. The number of hydrogen-bond acceptors (Lipinski definition) is 2. The van der Waals surface area contributed by atoms with E-state index in [4.69, 9.17) is 4.74 Å². The van der Waals surface area contributed by atoms with Crippen LogP contribution in [0.25, 0.3) is 0 Å². The first kappa shape index (κ1) is 24.0. The van der Waals surface area contributed by atoms with Gasteiger partial charge in [-0.2, -0.15) is 0 Å². The lowest BCUT2D eigenvalue weighted by Gasteiger charge is -2.34. The molecule has 1 saturated carbocycles. The van der Waals surface area contributed by atoms with Crippen molar-refractivity contribution in [2.45, 2.75) is 70.6 Å². The van der Waals surface area contributed by atoms with Gasteiger partial charge in [0.2, 0.25) is 0 Å². The predicted molar refractivity (Wildman–Crippen MR) is 138 cm³/mol. The summed E-state index contributed by atoms with van der Waals surface area (Å²) in [6, 6.07) is 15.6. The number of benzene rings is 2. The van der Waals surface area contributed by atoms with Gasteiger partial charge in [0.05, 0.1) is 5.56 Å². The first-order chi connectivity index (χ1) is 15.1. The van der Waals surface area contributed by atoms with E-state index in [-0.39, 0.29) is 5.97 Å². The molecule has 1 unspecified atom stereocenters. The zero-order chi connectivity index (χ0) is 22.1. The van der Waals surface area contributed by atoms with Crippen molar-refractivity contribution >= 4 is 28.6 Å². The molecule has 2 aromatic carbocycles. The molecule has 1 aliphatic rings. The highest BCUT2D eigenvalue weighted by Gasteiger charge is 2.28. The minimum absolute atomic E-state index is 0.305. The van der Waals surface area contributed by atoms with Gasteiger partial charge in [0.25, 0.3) is 0 Å². The Hall–Kier alpha value is -1.62. The number of allylic oxidation sites excluding steroid dienone is 1. The van der Waals surface area contributed by atoms with E-state index in [1.54, 1.807) is 0 Å². The van der Waals surface area contributed by atoms with Crippen molar-refractivity contribution in [2.24, 2.45) is 11.8 Å². The van der Waals surface area contributed by atoms with Gasteiger partial charge in [0, 0.05) is 3.57 Å². The molecule has 0 amide bonds. The summed E-state index contributed by atoms with van der Waals surface area (Å²) in [6.07, 6.45) is 13.9. The highest BCUT2D eigenvalue weighted by atomic mass is 127. The highest BCUT2D eigenvalue weighted by Crippen LogP contribution is 2.41. The number of halogens is 1. The number of unbranched alkanes of at least 4 members (excludes halogenated alkanes) is 2. The molecule has 166 valence electrons. The van der Waals surface area contributed by atoms with Gasteiger partial charge in [0.1, 0.15) is 5.75 Å². The van der Waals surface area contributed by atoms with E-state index in [0.29, 0.717) is 23.1 Å². The maximum atomic E-state index is 12.5. The normalized spacial score (nSPS) is 19.5. The van der Waals surface area contributed by atoms with Crippen molar-refractivity contribution in [3.63, 3.8) is 0 Å². The molecule has 0 aromatic heterocycles. The molecule has 31 heavy (non-hydrogen) atoms. The molecule has 0 N–H and O–H groups in total. The standard InChI is InChI=1S/C28H35IO2/c1-3-5-6-8-21-9-11-22(12-10-21)27(7-4-2)23-13-15-24(16-14-23)28(30)31-26-19-17-25(29)18-20-26/h4,13-22,27H,2-3,5-12H2,1H3/t21-,22-,27?. The molecule has 0 radical (unpaired) electrons. The lowest BCUT2D eigenvalue weighted by molar-refractivity contribution is 0.0734. The fraction of sp³-hybridized carbons (Fsp3) is 0.464. The molecule has 3 heteroatoms. The molecule has 0 saturated heterocycles. The van der Waals surface area contributed by atoms with Gasteiger partial charge in [0.15, 0.2) is 0 Å². The van der Waals surface area contributed by atoms with Crippen molar-refractivity contribution in [2.75, 3.05) is 0 Å². The van der Waals surface area contributed by atoms with Gasteiger partial charge < -0.3 is 4.74 Å². The summed E-state index contributed by atoms with van der Waals surface area (Å²) < 4.78 is 6.63. The minimum atomic E-state index is -0.305. The number of esters is 1. The molecule has 1 aliphatic carbocycles. The van der Waals surface area contributed by atoms with Crippen LogP contribution in [-0.4, -0.2) is 5.97 Å². The molecule has 3 rings (SSSR count). The molecule has 2 nitrogen and oxygen atoms in total. The van der Waals surface area contributed by atoms with Gasteiger partial charge in [-0.3, -0.25) is 0 Å². The number of carbonyl (C=O) groups is 1. The van der Waals surface area contributed by atoms with Gasteiger partial charge in [-0.25, -0.2) is 4.79 Å². The Morgan fingerprint density at radius 1 is 1.06 bits per heavy atom. The van der Waals surface area contributed by atoms with Crippen molar-refractivity contribution < 1.29 is 9.53 Å². The van der Waals surface area contributed by atoms with Gasteiger partial charge >= 0.3 is 5.97 Å². The monoisotopic (exact) mass is 530 g/mol. The van der Waals surface area contributed by atoms with Crippen LogP contribution >= 0.6 is 22.6 Å². The van der Waals surface area contributed by atoms with Crippen molar-refractivity contribution in [3.8, 4) is 5.75 Å². The average Bonchev–Trinajstić information content (AvgIpc) is 2.80. The van der Waals surface area contributed by atoms with Crippen LogP contribution < -0.4 is 4.74 Å². The number of ether oxygens (including phenoxy) is 1. The summed E-state index contributed by atoms with van der Waals surface area (Å²) in [5.41, 5.74) is 1.92. The topological polar surface area (TPSA) is 26.3 Å². The third-order valence-corrected chi connectivity index (χ3v) is 7.41. The second kappa shape index (κ2) is 12.4. The minimum Gasteiger partial charge on any atom is -0.423 e. The highest BCUT2D eigenvalue weighted by molar-refractivity contribution is 14.1. The molecule has 1 atom stereocenters. The number of carbonyl (C=O) groups excluding carboxylic acids is 1. The molecule has 0 aliphatic heterocycles. The van der Waals surface area contributed by atoms with Crippen molar-refractivity contribution in [1.82, 2.24) is 0 Å². The van der Waals surface area contributed by atoms with Crippen LogP contribution in [0.4, 0.5) is 0 Å². The van der Waals surface area contributed by atoms with E-state index >= 15 is 0 Å². The fourth-order valence-electron chi connectivity index (χ4n) is 4.88. The number of rotatable bonds is 10. The van der Waals surface area contributed by atoms with Crippen LogP contribution in [0.5, 0.6) is 5.75 Å². The Morgan fingerprint density at radius 3 is 2.35 bits per heavy atom. The van der Waals surface area contributed by atoms with E-state index in [1.165, 1.54) is 56.9 Å². The first-order valence-corrected chi connectivity index (χ1v) is 12.9. The molecule has 1 fully saturated rings. The second-order valence-electron chi connectivity index (χ2n) is 8.87. The smallest absolute Gasteiger partial charge is 0.343 e. The maximum Gasteiger partial charge on any atom is 0.343 e. The Kier molecular flexibility index (Phi) is 9.63. The Bertz CT molecular complexity index is 817. The summed E-state index contributed by atoms with van der Waals surface area (Å²) in [7, 11) is 0. The largest absolute Gasteiger partial charge is 0.423 e. The summed E-state index contributed by atoms with van der Waals surface area (Å²) in [6.45, 7) is 6.29. The zero-order valence-electron chi connectivity index (χ0n) is 18.7. The summed E-state index contributed by atoms with van der Waals surface area (Å²) in [5, 5.41) is 0.